The predicted molar refractivity (Wildman–Crippen MR) is 102 cm³/mol. The molecule has 0 saturated carbocycles. The maximum atomic E-state index is 12.6. The Balaban J connectivity index is 1.35. The van der Waals surface area contributed by atoms with Crippen LogP contribution in [0.5, 0.6) is 0 Å². The van der Waals surface area contributed by atoms with Gasteiger partial charge in [0.1, 0.15) is 0 Å². The van der Waals surface area contributed by atoms with Crippen LogP contribution in [0.1, 0.15) is 44.3 Å². The van der Waals surface area contributed by atoms with E-state index >= 15 is 0 Å². The summed E-state index contributed by atoms with van der Waals surface area (Å²) in [7, 11) is 0. The van der Waals surface area contributed by atoms with E-state index in [1.165, 1.54) is 0 Å². The molecule has 142 valence electrons. The summed E-state index contributed by atoms with van der Waals surface area (Å²) in [6, 6.07) is 7.51. The third-order valence-electron chi connectivity index (χ3n) is 5.25. The number of benzene rings is 1. The zero-order valence-corrected chi connectivity index (χ0v) is 15.8. The molecule has 0 unspecified atom stereocenters. The fourth-order valence-corrected chi connectivity index (χ4v) is 3.60. The summed E-state index contributed by atoms with van der Waals surface area (Å²) in [6.45, 7) is 7.49. The first-order chi connectivity index (χ1) is 13.1. The highest BCUT2D eigenvalue weighted by Crippen LogP contribution is 2.21. The maximum Gasteiger partial charge on any atom is 0.261 e. The summed E-state index contributed by atoms with van der Waals surface area (Å²) in [5.41, 5.74) is 0.809. The molecule has 2 aromatic heterocycles. The zero-order valence-electron chi connectivity index (χ0n) is 15.8. The Morgan fingerprint density at radius 3 is 2.74 bits per heavy atom. The van der Waals surface area contributed by atoms with Crippen molar-refractivity contribution < 1.29 is 4.52 Å². The average molecular weight is 367 g/mol. The van der Waals surface area contributed by atoms with Crippen molar-refractivity contribution >= 4 is 10.9 Å². The first-order valence-corrected chi connectivity index (χ1v) is 9.59. The fraction of sp³-hybridized carbons (Fsp3) is 0.500. The molecular formula is C20H25N5O2. The van der Waals surface area contributed by atoms with E-state index in [2.05, 4.69) is 33.9 Å². The highest BCUT2D eigenvalue weighted by molar-refractivity contribution is 5.76. The van der Waals surface area contributed by atoms with Gasteiger partial charge < -0.3 is 4.52 Å². The van der Waals surface area contributed by atoms with Gasteiger partial charge >= 0.3 is 0 Å². The van der Waals surface area contributed by atoms with Gasteiger partial charge in [0, 0.05) is 12.5 Å². The zero-order chi connectivity index (χ0) is 18.8. The third kappa shape index (κ3) is 3.93. The van der Waals surface area contributed by atoms with Gasteiger partial charge in [0.25, 0.3) is 5.56 Å². The van der Waals surface area contributed by atoms with Gasteiger partial charge in [0.05, 0.1) is 23.8 Å². The Labute approximate surface area is 158 Å². The number of nitrogens with zero attached hydrogens (tertiary/aromatic N) is 5. The highest BCUT2D eigenvalue weighted by atomic mass is 16.5. The minimum atomic E-state index is 0.0510. The topological polar surface area (TPSA) is 77.0 Å². The van der Waals surface area contributed by atoms with Crippen LogP contribution in [0, 0.1) is 5.92 Å². The number of aromatic nitrogens is 4. The monoisotopic (exact) mass is 367 g/mol. The molecule has 0 radical (unpaired) electrons. The number of fused-ring (bicyclic) bond motifs is 1. The molecule has 1 aromatic carbocycles. The molecule has 3 aromatic rings. The van der Waals surface area contributed by atoms with Crippen LogP contribution in [0.25, 0.3) is 10.9 Å². The van der Waals surface area contributed by atoms with Crippen molar-refractivity contribution in [1.29, 1.82) is 0 Å². The van der Waals surface area contributed by atoms with Crippen LogP contribution < -0.4 is 5.56 Å². The molecule has 0 spiro atoms. The lowest BCUT2D eigenvalue weighted by Gasteiger charge is -2.31. The first-order valence-electron chi connectivity index (χ1n) is 9.59. The molecule has 4 rings (SSSR count). The van der Waals surface area contributed by atoms with Crippen molar-refractivity contribution in [3.05, 3.63) is 52.7 Å². The SMILES string of the molecule is CC(C)c1noc(CN2CCC(Cn3cnc4ccccc4c3=O)CC2)n1. The molecule has 3 heterocycles. The molecule has 0 bridgehead atoms. The van der Waals surface area contributed by atoms with Gasteiger partial charge in [-0.3, -0.25) is 14.3 Å². The van der Waals surface area contributed by atoms with Crippen LogP contribution in [0.3, 0.4) is 0 Å². The summed E-state index contributed by atoms with van der Waals surface area (Å²) in [5.74, 6) is 2.22. The number of piperidine rings is 1. The fourth-order valence-electron chi connectivity index (χ4n) is 3.60. The van der Waals surface area contributed by atoms with Crippen molar-refractivity contribution in [2.75, 3.05) is 13.1 Å². The van der Waals surface area contributed by atoms with Crippen molar-refractivity contribution in [3.63, 3.8) is 0 Å². The predicted octanol–water partition coefficient (Wildman–Crippen LogP) is 2.82. The molecule has 1 aliphatic heterocycles. The molecule has 0 N–H and O–H groups in total. The minimum Gasteiger partial charge on any atom is -0.338 e. The van der Waals surface area contributed by atoms with Gasteiger partial charge in [0.2, 0.25) is 5.89 Å². The second kappa shape index (κ2) is 7.60. The van der Waals surface area contributed by atoms with Crippen LogP contribution in [0.4, 0.5) is 0 Å². The number of para-hydroxylation sites is 1. The highest BCUT2D eigenvalue weighted by Gasteiger charge is 2.22. The molecule has 0 aliphatic carbocycles. The average Bonchev–Trinajstić information content (AvgIpc) is 3.15. The van der Waals surface area contributed by atoms with E-state index in [9.17, 15) is 4.79 Å². The Morgan fingerprint density at radius 2 is 2.00 bits per heavy atom. The molecule has 1 aliphatic rings. The lowest BCUT2D eigenvalue weighted by atomic mass is 9.96. The quantitative estimate of drug-likeness (QED) is 0.690. The van der Waals surface area contributed by atoms with E-state index in [-0.39, 0.29) is 11.5 Å². The molecule has 1 fully saturated rings. The summed E-state index contributed by atoms with van der Waals surface area (Å²) in [5, 5.41) is 4.72. The first kappa shape index (κ1) is 17.9. The van der Waals surface area contributed by atoms with E-state index in [1.807, 2.05) is 24.3 Å². The summed E-state index contributed by atoms with van der Waals surface area (Å²) in [6.07, 6.45) is 3.78. The summed E-state index contributed by atoms with van der Waals surface area (Å²) >= 11 is 0. The van der Waals surface area contributed by atoms with E-state index in [1.54, 1.807) is 10.9 Å². The second-order valence-corrected chi connectivity index (χ2v) is 7.64. The van der Waals surface area contributed by atoms with Crippen LogP contribution in [-0.4, -0.2) is 37.7 Å². The van der Waals surface area contributed by atoms with Crippen molar-refractivity contribution in [3.8, 4) is 0 Å². The van der Waals surface area contributed by atoms with Crippen molar-refractivity contribution in [1.82, 2.24) is 24.6 Å². The summed E-state index contributed by atoms with van der Waals surface area (Å²) < 4.78 is 7.11. The van der Waals surface area contributed by atoms with E-state index in [0.717, 1.165) is 43.8 Å². The maximum absolute atomic E-state index is 12.6. The molecule has 0 amide bonds. The summed E-state index contributed by atoms with van der Waals surface area (Å²) in [4.78, 5) is 23.9. The minimum absolute atomic E-state index is 0.0510. The van der Waals surface area contributed by atoms with Crippen molar-refractivity contribution in [2.45, 2.75) is 45.7 Å². The molecule has 1 saturated heterocycles. The Bertz CT molecular complexity index is 970. The molecular weight excluding hydrogens is 342 g/mol. The van der Waals surface area contributed by atoms with E-state index in [0.29, 0.717) is 23.7 Å². The van der Waals surface area contributed by atoms with Crippen LogP contribution >= 0.6 is 0 Å². The molecule has 0 atom stereocenters. The lowest BCUT2D eigenvalue weighted by molar-refractivity contribution is 0.150. The van der Waals surface area contributed by atoms with E-state index < -0.39 is 0 Å². The van der Waals surface area contributed by atoms with Crippen LogP contribution in [-0.2, 0) is 13.1 Å². The third-order valence-corrected chi connectivity index (χ3v) is 5.25. The van der Waals surface area contributed by atoms with Crippen molar-refractivity contribution in [2.24, 2.45) is 5.92 Å². The normalized spacial score (nSPS) is 16.4. The lowest BCUT2D eigenvalue weighted by Crippen LogP contribution is -2.36. The second-order valence-electron chi connectivity index (χ2n) is 7.64. The number of hydrogen-bond donors (Lipinski definition) is 0. The van der Waals surface area contributed by atoms with E-state index in [4.69, 9.17) is 4.52 Å². The number of rotatable bonds is 5. The van der Waals surface area contributed by atoms with Gasteiger partial charge in [-0.25, -0.2) is 4.98 Å². The Morgan fingerprint density at radius 1 is 1.22 bits per heavy atom. The standard InChI is InChI=1S/C20H25N5O2/c1-14(2)19-22-18(27-23-19)12-24-9-7-15(8-10-24)11-25-13-21-17-6-4-3-5-16(17)20(25)26/h3-6,13-15H,7-12H2,1-2H3. The van der Waals surface area contributed by atoms with Gasteiger partial charge in [-0.1, -0.05) is 31.1 Å². The van der Waals surface area contributed by atoms with Gasteiger partial charge in [-0.15, -0.1) is 0 Å². The largest absolute Gasteiger partial charge is 0.338 e. The molecule has 27 heavy (non-hydrogen) atoms. The van der Waals surface area contributed by atoms with Gasteiger partial charge in [-0.2, -0.15) is 4.98 Å². The molecule has 7 nitrogen and oxygen atoms in total. The van der Waals surface area contributed by atoms with Gasteiger partial charge in [0.15, 0.2) is 5.82 Å². The van der Waals surface area contributed by atoms with Gasteiger partial charge in [-0.05, 0) is 44.0 Å². The Kier molecular flexibility index (Phi) is 5.03. The van der Waals surface area contributed by atoms with Crippen LogP contribution in [0.2, 0.25) is 0 Å². The smallest absolute Gasteiger partial charge is 0.261 e. The van der Waals surface area contributed by atoms with Crippen LogP contribution in [0.15, 0.2) is 39.9 Å². The number of likely N-dealkylation sites (tertiary alicyclic amines) is 1. The Hall–Kier alpha value is -2.54. The number of hydrogen-bond acceptors (Lipinski definition) is 6. The molecule has 7 heteroatoms.